The van der Waals surface area contributed by atoms with Crippen LogP contribution in [-0.4, -0.2) is 24.3 Å². The zero-order valence-electron chi connectivity index (χ0n) is 18.6. The number of fused-ring (bicyclic) bond motifs is 1. The fourth-order valence-corrected chi connectivity index (χ4v) is 4.72. The van der Waals surface area contributed by atoms with Crippen molar-refractivity contribution in [3.63, 3.8) is 0 Å². The van der Waals surface area contributed by atoms with Gasteiger partial charge >= 0.3 is 5.97 Å². The molecule has 0 spiro atoms. The average molecular weight is 461 g/mol. The molecule has 0 amide bonds. The molecule has 4 rings (SSSR count). The van der Waals surface area contributed by atoms with Crippen molar-refractivity contribution in [3.8, 4) is 5.75 Å². The number of allylic oxidation sites excluding steroid dienone is 2. The van der Waals surface area contributed by atoms with Crippen LogP contribution in [0.25, 0.3) is 12.2 Å². The van der Waals surface area contributed by atoms with Crippen molar-refractivity contribution in [3.05, 3.63) is 103 Å². The monoisotopic (exact) mass is 460 g/mol. The highest BCUT2D eigenvalue weighted by atomic mass is 32.1. The first-order valence-corrected chi connectivity index (χ1v) is 11.4. The molecule has 0 fully saturated rings. The largest absolute Gasteiger partial charge is 0.497 e. The van der Waals surface area contributed by atoms with Crippen molar-refractivity contribution in [2.75, 3.05) is 13.7 Å². The Bertz CT molecular complexity index is 1400. The molecule has 1 aromatic heterocycles. The molecular formula is C26H24N2O4S. The van der Waals surface area contributed by atoms with E-state index in [2.05, 4.69) is 4.99 Å². The molecule has 0 bridgehead atoms. The van der Waals surface area contributed by atoms with E-state index >= 15 is 0 Å². The smallest absolute Gasteiger partial charge is 0.338 e. The Hall–Kier alpha value is -3.71. The molecule has 1 aliphatic rings. The Morgan fingerprint density at radius 2 is 1.88 bits per heavy atom. The molecule has 33 heavy (non-hydrogen) atoms. The van der Waals surface area contributed by atoms with Crippen LogP contribution in [0.2, 0.25) is 0 Å². The van der Waals surface area contributed by atoms with Crippen LogP contribution in [0, 0.1) is 0 Å². The van der Waals surface area contributed by atoms with Gasteiger partial charge in [0.1, 0.15) is 5.75 Å². The third-order valence-electron chi connectivity index (χ3n) is 5.28. The minimum Gasteiger partial charge on any atom is -0.497 e. The summed E-state index contributed by atoms with van der Waals surface area (Å²) in [6.45, 7) is 3.76. The summed E-state index contributed by atoms with van der Waals surface area (Å²) < 4.78 is 12.7. The van der Waals surface area contributed by atoms with E-state index in [0.717, 1.165) is 11.1 Å². The molecule has 0 saturated carbocycles. The van der Waals surface area contributed by atoms with E-state index in [0.29, 0.717) is 26.4 Å². The van der Waals surface area contributed by atoms with Gasteiger partial charge in [-0.3, -0.25) is 9.36 Å². The van der Waals surface area contributed by atoms with Gasteiger partial charge < -0.3 is 9.47 Å². The van der Waals surface area contributed by atoms with Crippen molar-refractivity contribution in [1.82, 2.24) is 4.57 Å². The summed E-state index contributed by atoms with van der Waals surface area (Å²) >= 11 is 1.30. The number of carbonyl (C=O) groups excluding carboxylic acids is 1. The number of hydrogen-bond acceptors (Lipinski definition) is 6. The lowest BCUT2D eigenvalue weighted by atomic mass is 9.96. The van der Waals surface area contributed by atoms with Gasteiger partial charge in [0.2, 0.25) is 0 Å². The predicted octanol–water partition coefficient (Wildman–Crippen LogP) is 3.47. The summed E-state index contributed by atoms with van der Waals surface area (Å²) in [6, 6.07) is 16.6. The number of thiazole rings is 1. The SMILES string of the molecule is CCOC(=O)C1=C(C)N=c2sc(=C/C=C\c3ccccc3)c(=O)n2[C@@H]1c1ccc(OC)cc1. The highest BCUT2D eigenvalue weighted by Crippen LogP contribution is 2.31. The second-order valence-corrected chi connectivity index (χ2v) is 8.38. The van der Waals surface area contributed by atoms with Crippen molar-refractivity contribution in [2.45, 2.75) is 19.9 Å². The van der Waals surface area contributed by atoms with Gasteiger partial charge in [0.25, 0.3) is 5.56 Å². The van der Waals surface area contributed by atoms with Gasteiger partial charge in [-0.25, -0.2) is 9.79 Å². The molecule has 6 nitrogen and oxygen atoms in total. The maximum Gasteiger partial charge on any atom is 0.338 e. The van der Waals surface area contributed by atoms with Gasteiger partial charge in [0.05, 0.1) is 35.6 Å². The lowest BCUT2D eigenvalue weighted by Gasteiger charge is -2.24. The zero-order valence-corrected chi connectivity index (χ0v) is 19.5. The van der Waals surface area contributed by atoms with Crippen LogP contribution in [-0.2, 0) is 9.53 Å². The van der Waals surface area contributed by atoms with Crippen LogP contribution in [0.4, 0.5) is 0 Å². The first kappa shape index (κ1) is 22.5. The summed E-state index contributed by atoms with van der Waals surface area (Å²) in [5.74, 6) is 0.216. The quantitative estimate of drug-likeness (QED) is 0.528. The molecule has 0 N–H and O–H groups in total. The van der Waals surface area contributed by atoms with E-state index in [1.54, 1.807) is 31.6 Å². The van der Waals surface area contributed by atoms with E-state index in [4.69, 9.17) is 9.47 Å². The molecule has 0 radical (unpaired) electrons. The fourth-order valence-electron chi connectivity index (χ4n) is 3.72. The van der Waals surface area contributed by atoms with E-state index in [1.807, 2.05) is 66.7 Å². The lowest BCUT2D eigenvalue weighted by Crippen LogP contribution is -2.39. The topological polar surface area (TPSA) is 69.9 Å². The van der Waals surface area contributed by atoms with Gasteiger partial charge in [-0.05, 0) is 43.2 Å². The first-order valence-electron chi connectivity index (χ1n) is 10.6. The first-order chi connectivity index (χ1) is 16.0. The van der Waals surface area contributed by atoms with E-state index in [9.17, 15) is 9.59 Å². The number of ether oxygens (including phenoxy) is 2. The number of benzene rings is 2. The summed E-state index contributed by atoms with van der Waals surface area (Å²) in [7, 11) is 1.59. The molecule has 7 heteroatoms. The Labute approximate surface area is 195 Å². The van der Waals surface area contributed by atoms with Crippen molar-refractivity contribution >= 4 is 29.5 Å². The Kier molecular flexibility index (Phi) is 6.70. The Balaban J connectivity index is 1.85. The van der Waals surface area contributed by atoms with Crippen molar-refractivity contribution in [1.29, 1.82) is 0 Å². The summed E-state index contributed by atoms with van der Waals surface area (Å²) in [5.41, 5.74) is 2.52. The van der Waals surface area contributed by atoms with Gasteiger partial charge in [-0.2, -0.15) is 0 Å². The predicted molar refractivity (Wildman–Crippen MR) is 130 cm³/mol. The summed E-state index contributed by atoms with van der Waals surface area (Å²) in [4.78, 5) is 31.4. The maximum absolute atomic E-state index is 13.4. The van der Waals surface area contributed by atoms with Crippen LogP contribution in [0.5, 0.6) is 5.75 Å². The number of aromatic nitrogens is 1. The minimum atomic E-state index is -0.633. The molecule has 2 heterocycles. The number of rotatable bonds is 6. The molecule has 1 atom stereocenters. The second-order valence-electron chi connectivity index (χ2n) is 7.37. The van der Waals surface area contributed by atoms with Crippen LogP contribution in [0.1, 0.15) is 31.0 Å². The third-order valence-corrected chi connectivity index (χ3v) is 6.29. The normalized spacial score (nSPS) is 16.0. The van der Waals surface area contributed by atoms with Gasteiger partial charge in [-0.1, -0.05) is 66.0 Å². The van der Waals surface area contributed by atoms with Crippen LogP contribution in [0.3, 0.4) is 0 Å². The maximum atomic E-state index is 13.4. The molecule has 1 aliphatic heterocycles. The highest BCUT2D eigenvalue weighted by Gasteiger charge is 2.33. The van der Waals surface area contributed by atoms with Gasteiger partial charge in [-0.15, -0.1) is 0 Å². The van der Waals surface area contributed by atoms with Crippen LogP contribution in [0.15, 0.2) is 81.7 Å². The number of methoxy groups -OCH3 is 1. The molecule has 0 unspecified atom stereocenters. The van der Waals surface area contributed by atoms with Crippen LogP contribution >= 0.6 is 11.3 Å². The van der Waals surface area contributed by atoms with E-state index < -0.39 is 12.0 Å². The molecule has 2 aromatic carbocycles. The molecule has 3 aromatic rings. The molecule has 0 aliphatic carbocycles. The Morgan fingerprint density at radius 3 is 2.55 bits per heavy atom. The van der Waals surface area contributed by atoms with Gasteiger partial charge in [0.15, 0.2) is 4.80 Å². The van der Waals surface area contributed by atoms with Crippen LogP contribution < -0.4 is 19.6 Å². The number of nitrogens with zero attached hydrogens (tertiary/aromatic N) is 2. The standard InChI is InChI=1S/C26H24N2O4S/c1-4-32-25(30)22-17(2)27-26-28(23(22)19-13-15-20(31-3)16-14-19)24(29)21(33-26)12-8-11-18-9-6-5-7-10-18/h5-16,23H,4H2,1-3H3/b11-8-,21-12?/t23-/m1/s1. The third kappa shape index (κ3) is 4.59. The Morgan fingerprint density at radius 1 is 1.15 bits per heavy atom. The zero-order chi connectivity index (χ0) is 23.4. The minimum absolute atomic E-state index is 0.202. The molecule has 0 saturated heterocycles. The van der Waals surface area contributed by atoms with E-state index in [1.165, 1.54) is 11.3 Å². The number of esters is 1. The molecular weight excluding hydrogens is 436 g/mol. The van der Waals surface area contributed by atoms with Crippen molar-refractivity contribution in [2.24, 2.45) is 4.99 Å². The number of hydrogen-bond donors (Lipinski definition) is 0. The molecule has 168 valence electrons. The van der Waals surface area contributed by atoms with Gasteiger partial charge in [0, 0.05) is 0 Å². The number of carbonyl (C=O) groups is 1. The summed E-state index contributed by atoms with van der Waals surface area (Å²) in [6.07, 6.45) is 5.57. The highest BCUT2D eigenvalue weighted by molar-refractivity contribution is 7.07. The fraction of sp³-hybridized carbons (Fsp3) is 0.192. The summed E-state index contributed by atoms with van der Waals surface area (Å²) in [5, 5.41) is 0. The second kappa shape index (κ2) is 9.83. The van der Waals surface area contributed by atoms with E-state index in [-0.39, 0.29) is 12.2 Å². The average Bonchev–Trinajstić information content (AvgIpc) is 3.13. The van der Waals surface area contributed by atoms with Crippen molar-refractivity contribution < 1.29 is 14.3 Å². The lowest BCUT2D eigenvalue weighted by molar-refractivity contribution is -0.139.